The molecule has 0 aromatic heterocycles. The maximum atomic E-state index is 13.4. The molecule has 0 radical (unpaired) electrons. The van der Waals surface area contributed by atoms with Gasteiger partial charge in [-0.1, -0.05) is 20.8 Å². The summed E-state index contributed by atoms with van der Waals surface area (Å²) in [6.45, 7) is 6.58. The van der Waals surface area contributed by atoms with Gasteiger partial charge in [0.05, 0.1) is 39.6 Å². The number of alkyl halides is 1. The highest BCUT2D eigenvalue weighted by atomic mass is 19.1. The average molecular weight is 321 g/mol. The molecule has 0 saturated heterocycles. The lowest BCUT2D eigenvalue weighted by Gasteiger charge is -2.12. The minimum absolute atomic E-state index is 0.0445. The summed E-state index contributed by atoms with van der Waals surface area (Å²) in [4.78, 5) is 22.2. The lowest BCUT2D eigenvalue weighted by atomic mass is 10.2. The Hall–Kier alpha value is -1.05. The van der Waals surface area contributed by atoms with Gasteiger partial charge < -0.3 is 19.5 Å². The Balaban J connectivity index is 3.32. The summed E-state index contributed by atoms with van der Waals surface area (Å²) in [5.74, 6) is -0.272. The van der Waals surface area contributed by atoms with Crippen LogP contribution in [-0.2, 0) is 23.8 Å². The summed E-state index contributed by atoms with van der Waals surface area (Å²) >= 11 is 0. The molecular weight excluding hydrogens is 293 g/mol. The van der Waals surface area contributed by atoms with Gasteiger partial charge >= 0.3 is 0 Å². The van der Waals surface area contributed by atoms with Gasteiger partial charge in [-0.05, 0) is 0 Å². The van der Waals surface area contributed by atoms with Gasteiger partial charge in [-0.2, -0.15) is 0 Å². The van der Waals surface area contributed by atoms with Gasteiger partial charge in [0.15, 0.2) is 5.78 Å². The molecule has 6 nitrogen and oxygen atoms in total. The van der Waals surface area contributed by atoms with Crippen LogP contribution in [0.15, 0.2) is 0 Å². The van der Waals surface area contributed by atoms with Gasteiger partial charge in [-0.3, -0.25) is 9.59 Å². The first-order valence-electron chi connectivity index (χ1n) is 7.64. The first-order valence-corrected chi connectivity index (χ1v) is 7.64. The van der Waals surface area contributed by atoms with Crippen molar-refractivity contribution < 1.29 is 28.2 Å². The van der Waals surface area contributed by atoms with Gasteiger partial charge in [0.25, 0.3) is 0 Å². The van der Waals surface area contributed by atoms with Crippen molar-refractivity contribution in [2.24, 2.45) is 5.92 Å². The van der Waals surface area contributed by atoms with Crippen molar-refractivity contribution >= 4 is 11.7 Å². The van der Waals surface area contributed by atoms with E-state index in [0.29, 0.717) is 26.2 Å². The van der Waals surface area contributed by atoms with Crippen LogP contribution in [0.25, 0.3) is 0 Å². The molecule has 0 saturated carbocycles. The van der Waals surface area contributed by atoms with Gasteiger partial charge in [0.1, 0.15) is 12.8 Å². The van der Waals surface area contributed by atoms with Crippen molar-refractivity contribution in [2.45, 2.75) is 33.4 Å². The molecule has 0 aliphatic rings. The first-order chi connectivity index (χ1) is 10.5. The third-order valence-corrected chi connectivity index (χ3v) is 2.72. The van der Waals surface area contributed by atoms with E-state index in [1.807, 2.05) is 0 Å². The fourth-order valence-electron chi connectivity index (χ4n) is 1.31. The zero-order chi connectivity index (χ0) is 16.8. The van der Waals surface area contributed by atoms with E-state index >= 15 is 0 Å². The number of ketones is 1. The molecule has 130 valence electrons. The number of Topliss-reactive ketones (excluding diaryl/α,β-unsaturated/α-hetero) is 1. The van der Waals surface area contributed by atoms with Crippen molar-refractivity contribution in [1.82, 2.24) is 5.32 Å². The van der Waals surface area contributed by atoms with Crippen LogP contribution < -0.4 is 5.32 Å². The van der Waals surface area contributed by atoms with Crippen LogP contribution in [-0.4, -0.2) is 64.0 Å². The number of ether oxygens (including phenoxy) is 3. The van der Waals surface area contributed by atoms with E-state index in [0.717, 1.165) is 0 Å². The molecule has 22 heavy (non-hydrogen) atoms. The van der Waals surface area contributed by atoms with Gasteiger partial charge in [-0.15, -0.1) is 0 Å². The number of hydrogen-bond donors (Lipinski definition) is 1. The second-order valence-corrected chi connectivity index (χ2v) is 5.13. The third kappa shape index (κ3) is 12.7. The normalized spacial score (nSPS) is 12.4. The number of nitrogens with one attached hydrogen (secondary N) is 1. The summed E-state index contributed by atoms with van der Waals surface area (Å²) in [5.41, 5.74) is 0. The molecule has 0 aliphatic heterocycles. The zero-order valence-electron chi connectivity index (χ0n) is 13.7. The van der Waals surface area contributed by atoms with Crippen LogP contribution in [0.1, 0.15) is 27.2 Å². The Kier molecular flexibility index (Phi) is 13.0. The number of amides is 1. The summed E-state index contributed by atoms with van der Waals surface area (Å²) in [7, 11) is 0. The summed E-state index contributed by atoms with van der Waals surface area (Å²) in [6.07, 6.45) is -0.762. The number of halogens is 1. The maximum absolute atomic E-state index is 13.4. The molecule has 1 N–H and O–H groups in total. The summed E-state index contributed by atoms with van der Waals surface area (Å²) < 4.78 is 28.8. The number of hydrogen-bond acceptors (Lipinski definition) is 5. The van der Waals surface area contributed by atoms with Crippen LogP contribution in [0, 0.1) is 5.92 Å². The molecule has 0 fully saturated rings. The molecule has 0 bridgehead atoms. The van der Waals surface area contributed by atoms with Crippen LogP contribution in [0.3, 0.4) is 0 Å². The topological polar surface area (TPSA) is 73.9 Å². The van der Waals surface area contributed by atoms with Crippen LogP contribution in [0.4, 0.5) is 4.39 Å². The Bertz CT molecular complexity index is 312. The van der Waals surface area contributed by atoms with Crippen molar-refractivity contribution in [2.75, 3.05) is 46.2 Å². The van der Waals surface area contributed by atoms with E-state index in [1.165, 1.54) is 0 Å². The van der Waals surface area contributed by atoms with Crippen LogP contribution in [0.5, 0.6) is 0 Å². The molecule has 0 aromatic rings. The standard InChI is InChI=1S/C15H28FNO5/c1-4-14(18)11-22-8-6-20-5-7-21-10-13(16)9-17-15(19)12(2)3/h12-13H,4-11H2,1-3H3,(H,17,19). The minimum Gasteiger partial charge on any atom is -0.377 e. The number of carbonyl (C=O) groups is 2. The summed E-state index contributed by atoms with van der Waals surface area (Å²) in [5, 5.41) is 2.50. The quantitative estimate of drug-likeness (QED) is 0.485. The first kappa shape index (κ1) is 20.9. The molecule has 7 heteroatoms. The van der Waals surface area contributed by atoms with E-state index in [9.17, 15) is 14.0 Å². The molecule has 0 spiro atoms. The smallest absolute Gasteiger partial charge is 0.222 e. The molecule has 0 aliphatic carbocycles. The fourth-order valence-corrected chi connectivity index (χ4v) is 1.31. The number of carbonyl (C=O) groups excluding carboxylic acids is 2. The summed E-state index contributed by atoms with van der Waals surface area (Å²) in [6, 6.07) is 0. The Morgan fingerprint density at radius 1 is 1.05 bits per heavy atom. The minimum atomic E-state index is -1.23. The largest absolute Gasteiger partial charge is 0.377 e. The lowest BCUT2D eigenvalue weighted by molar-refractivity contribution is -0.125. The fraction of sp³-hybridized carbons (Fsp3) is 0.867. The van der Waals surface area contributed by atoms with Gasteiger partial charge in [-0.25, -0.2) is 4.39 Å². The highest BCUT2D eigenvalue weighted by molar-refractivity contribution is 5.79. The SMILES string of the molecule is CCC(=O)COCCOCCOCC(F)CNC(=O)C(C)C. The predicted octanol–water partition coefficient (Wildman–Crippen LogP) is 1.13. The second kappa shape index (κ2) is 13.6. The zero-order valence-corrected chi connectivity index (χ0v) is 13.7. The van der Waals surface area contributed by atoms with Gasteiger partial charge in [0, 0.05) is 12.3 Å². The molecule has 1 amide bonds. The predicted molar refractivity (Wildman–Crippen MR) is 80.5 cm³/mol. The maximum Gasteiger partial charge on any atom is 0.222 e. The highest BCUT2D eigenvalue weighted by Gasteiger charge is 2.11. The van der Waals surface area contributed by atoms with Crippen LogP contribution in [0.2, 0.25) is 0 Å². The third-order valence-electron chi connectivity index (χ3n) is 2.72. The van der Waals surface area contributed by atoms with E-state index in [1.54, 1.807) is 20.8 Å². The molecular formula is C15H28FNO5. The van der Waals surface area contributed by atoms with Crippen molar-refractivity contribution in [3.05, 3.63) is 0 Å². The second-order valence-electron chi connectivity index (χ2n) is 5.13. The van der Waals surface area contributed by atoms with Crippen molar-refractivity contribution in [3.8, 4) is 0 Å². The lowest BCUT2D eigenvalue weighted by Crippen LogP contribution is -2.35. The van der Waals surface area contributed by atoms with E-state index in [4.69, 9.17) is 14.2 Å². The monoisotopic (exact) mass is 321 g/mol. The Morgan fingerprint density at radius 2 is 1.64 bits per heavy atom. The molecule has 0 heterocycles. The van der Waals surface area contributed by atoms with E-state index < -0.39 is 6.17 Å². The highest BCUT2D eigenvalue weighted by Crippen LogP contribution is 1.94. The molecule has 1 unspecified atom stereocenters. The van der Waals surface area contributed by atoms with E-state index in [2.05, 4.69) is 5.32 Å². The molecule has 1 atom stereocenters. The molecule has 0 aromatic carbocycles. The van der Waals surface area contributed by atoms with Gasteiger partial charge in [0.2, 0.25) is 5.91 Å². The Morgan fingerprint density at radius 3 is 2.23 bits per heavy atom. The van der Waals surface area contributed by atoms with Crippen molar-refractivity contribution in [1.29, 1.82) is 0 Å². The van der Waals surface area contributed by atoms with Crippen molar-refractivity contribution in [3.63, 3.8) is 0 Å². The number of rotatable bonds is 14. The molecule has 0 rings (SSSR count). The van der Waals surface area contributed by atoms with E-state index in [-0.39, 0.29) is 44.0 Å². The average Bonchev–Trinajstić information content (AvgIpc) is 2.50. The Labute approximate surface area is 131 Å². The van der Waals surface area contributed by atoms with Crippen LogP contribution >= 0.6 is 0 Å².